The van der Waals surface area contributed by atoms with Crippen molar-refractivity contribution in [1.82, 2.24) is 10.3 Å². The Hall–Kier alpha value is -2.86. The molecule has 3 rings (SSSR count). The van der Waals surface area contributed by atoms with Gasteiger partial charge in [0.1, 0.15) is 5.01 Å². The van der Waals surface area contributed by atoms with Crippen LogP contribution in [0.2, 0.25) is 0 Å². The third kappa shape index (κ3) is 5.35. The summed E-state index contributed by atoms with van der Waals surface area (Å²) in [6.07, 6.45) is 1.78. The molecule has 1 heterocycles. The van der Waals surface area contributed by atoms with Crippen LogP contribution >= 0.6 is 11.3 Å². The highest BCUT2D eigenvalue weighted by atomic mass is 32.1. The van der Waals surface area contributed by atoms with E-state index in [1.807, 2.05) is 36.4 Å². The summed E-state index contributed by atoms with van der Waals surface area (Å²) in [5.41, 5.74) is 2.99. The molecule has 3 aromatic rings. The zero-order valence-corrected chi connectivity index (χ0v) is 17.8. The molecule has 0 bridgehead atoms. The summed E-state index contributed by atoms with van der Waals surface area (Å²) in [6, 6.07) is 15.5. The van der Waals surface area contributed by atoms with Gasteiger partial charge in [0.2, 0.25) is 5.91 Å². The van der Waals surface area contributed by atoms with Crippen LogP contribution in [0.5, 0.6) is 11.5 Å². The molecule has 0 saturated heterocycles. The lowest BCUT2D eigenvalue weighted by molar-refractivity contribution is -0.121. The van der Waals surface area contributed by atoms with Crippen LogP contribution in [0.15, 0.2) is 53.9 Å². The Bertz CT molecular complexity index is 940. The van der Waals surface area contributed by atoms with Crippen molar-refractivity contribution in [2.75, 3.05) is 14.2 Å². The number of para-hydroxylation sites is 1. The van der Waals surface area contributed by atoms with E-state index in [1.165, 1.54) is 0 Å². The second kappa shape index (κ2) is 10.1. The monoisotopic (exact) mass is 410 g/mol. The molecule has 0 fully saturated rings. The quantitative estimate of drug-likeness (QED) is 0.569. The largest absolute Gasteiger partial charge is 0.493 e. The lowest BCUT2D eigenvalue weighted by atomic mass is 10.1. The third-order valence-electron chi connectivity index (χ3n) is 4.68. The lowest BCUT2D eigenvalue weighted by Crippen LogP contribution is -2.31. The molecular formula is C23H26N2O3S. The zero-order chi connectivity index (χ0) is 20.6. The Labute approximate surface area is 175 Å². The van der Waals surface area contributed by atoms with Crippen LogP contribution in [-0.2, 0) is 24.1 Å². The smallest absolute Gasteiger partial charge is 0.225 e. The van der Waals surface area contributed by atoms with E-state index in [4.69, 9.17) is 14.5 Å². The number of methoxy groups -OCH3 is 2. The number of hydrogen-bond donors (Lipinski definition) is 1. The number of ether oxygens (including phenoxy) is 2. The van der Waals surface area contributed by atoms with Gasteiger partial charge >= 0.3 is 0 Å². The molecule has 1 aromatic heterocycles. The number of benzene rings is 2. The Kier molecular flexibility index (Phi) is 7.25. The van der Waals surface area contributed by atoms with Crippen molar-refractivity contribution < 1.29 is 14.3 Å². The van der Waals surface area contributed by atoms with Gasteiger partial charge in [-0.25, -0.2) is 4.98 Å². The lowest BCUT2D eigenvalue weighted by Gasteiger charge is -2.18. The van der Waals surface area contributed by atoms with E-state index in [0.29, 0.717) is 17.9 Å². The normalized spacial score (nSPS) is 11.7. The third-order valence-corrected chi connectivity index (χ3v) is 5.69. The van der Waals surface area contributed by atoms with E-state index < -0.39 is 0 Å². The molecule has 0 aliphatic rings. The van der Waals surface area contributed by atoms with Gasteiger partial charge in [-0.2, -0.15) is 0 Å². The minimum Gasteiger partial charge on any atom is -0.493 e. The summed E-state index contributed by atoms with van der Waals surface area (Å²) in [6.45, 7) is 2.08. The minimum atomic E-state index is -0.174. The van der Waals surface area contributed by atoms with Crippen LogP contribution in [0.25, 0.3) is 0 Å². The van der Waals surface area contributed by atoms with E-state index in [1.54, 1.807) is 25.6 Å². The molecule has 1 N–H and O–H groups in total. The Morgan fingerprint density at radius 1 is 1.10 bits per heavy atom. The molecule has 0 saturated carbocycles. The topological polar surface area (TPSA) is 60.5 Å². The average molecular weight is 411 g/mol. The summed E-state index contributed by atoms with van der Waals surface area (Å²) in [4.78, 5) is 17.6. The van der Waals surface area contributed by atoms with Crippen LogP contribution < -0.4 is 14.8 Å². The van der Waals surface area contributed by atoms with Gasteiger partial charge in [-0.3, -0.25) is 4.79 Å². The first kappa shape index (κ1) is 20.9. The number of carbonyl (C=O) groups excluding carboxylic acids is 1. The number of aromatic nitrogens is 1. The van der Waals surface area contributed by atoms with Gasteiger partial charge in [0, 0.05) is 10.9 Å². The standard InChI is InChI=1S/C23H26N2O3S/c1-4-18-15-29-23(24-18)19(13-16-9-6-5-7-10-16)25-21(26)14-17-11-8-12-20(27-2)22(17)28-3/h5-12,15,19H,4,13-14H2,1-3H3,(H,25,26)/t19-/m0/s1. The molecule has 0 spiro atoms. The second-order valence-electron chi connectivity index (χ2n) is 6.67. The Morgan fingerprint density at radius 2 is 1.90 bits per heavy atom. The van der Waals surface area contributed by atoms with Gasteiger partial charge in [-0.15, -0.1) is 11.3 Å². The van der Waals surface area contributed by atoms with Crippen molar-refractivity contribution >= 4 is 17.2 Å². The molecule has 1 amide bonds. The number of aryl methyl sites for hydroxylation is 1. The highest BCUT2D eigenvalue weighted by Crippen LogP contribution is 2.31. The number of amides is 1. The number of hydrogen-bond acceptors (Lipinski definition) is 5. The highest BCUT2D eigenvalue weighted by Gasteiger charge is 2.20. The molecule has 152 valence electrons. The first-order chi connectivity index (χ1) is 14.1. The minimum absolute atomic E-state index is 0.0780. The Balaban J connectivity index is 1.79. The predicted molar refractivity (Wildman–Crippen MR) is 116 cm³/mol. The van der Waals surface area contributed by atoms with Crippen LogP contribution in [0.3, 0.4) is 0 Å². The van der Waals surface area contributed by atoms with E-state index >= 15 is 0 Å². The fourth-order valence-electron chi connectivity index (χ4n) is 3.21. The molecule has 0 radical (unpaired) electrons. The van der Waals surface area contributed by atoms with Crippen molar-refractivity contribution in [3.05, 3.63) is 75.7 Å². The fourth-order valence-corrected chi connectivity index (χ4v) is 4.16. The van der Waals surface area contributed by atoms with Gasteiger partial charge < -0.3 is 14.8 Å². The zero-order valence-electron chi connectivity index (χ0n) is 17.0. The van der Waals surface area contributed by atoms with Crippen LogP contribution in [-0.4, -0.2) is 25.1 Å². The maximum absolute atomic E-state index is 12.9. The van der Waals surface area contributed by atoms with E-state index in [9.17, 15) is 4.79 Å². The average Bonchev–Trinajstić information content (AvgIpc) is 3.23. The molecule has 0 aliphatic carbocycles. The van der Waals surface area contributed by atoms with Crippen molar-refractivity contribution in [2.24, 2.45) is 0 Å². The molecule has 1 atom stereocenters. The maximum atomic E-state index is 12.9. The van der Waals surface area contributed by atoms with Crippen molar-refractivity contribution in [3.63, 3.8) is 0 Å². The summed E-state index contributed by atoms with van der Waals surface area (Å²) in [5, 5.41) is 6.16. The fraction of sp³-hybridized carbons (Fsp3) is 0.304. The molecule has 0 aliphatic heterocycles. The summed E-state index contributed by atoms with van der Waals surface area (Å²) in [5.74, 6) is 1.13. The number of thiazole rings is 1. The first-order valence-corrected chi connectivity index (χ1v) is 10.5. The van der Waals surface area contributed by atoms with Gasteiger partial charge in [-0.1, -0.05) is 49.4 Å². The number of carbonyl (C=O) groups is 1. The van der Waals surface area contributed by atoms with Gasteiger partial charge in [0.25, 0.3) is 0 Å². The van der Waals surface area contributed by atoms with Crippen LogP contribution in [0.1, 0.15) is 34.8 Å². The SMILES string of the molecule is CCc1csc([C@H](Cc2ccccc2)NC(=O)Cc2cccc(OC)c2OC)n1. The van der Waals surface area contributed by atoms with Crippen LogP contribution in [0.4, 0.5) is 0 Å². The molecule has 5 nitrogen and oxygen atoms in total. The van der Waals surface area contributed by atoms with Crippen molar-refractivity contribution in [2.45, 2.75) is 32.2 Å². The van der Waals surface area contributed by atoms with Crippen molar-refractivity contribution in [3.8, 4) is 11.5 Å². The van der Waals surface area contributed by atoms with E-state index in [2.05, 4.69) is 29.8 Å². The summed E-state index contributed by atoms with van der Waals surface area (Å²) in [7, 11) is 3.17. The molecule has 6 heteroatoms. The molecular weight excluding hydrogens is 384 g/mol. The Morgan fingerprint density at radius 3 is 2.55 bits per heavy atom. The molecule has 0 unspecified atom stereocenters. The van der Waals surface area contributed by atoms with Crippen molar-refractivity contribution in [1.29, 1.82) is 0 Å². The molecule has 29 heavy (non-hydrogen) atoms. The van der Waals surface area contributed by atoms with Gasteiger partial charge in [0.15, 0.2) is 11.5 Å². The predicted octanol–water partition coefficient (Wildman–Crippen LogP) is 4.37. The first-order valence-electron chi connectivity index (χ1n) is 9.62. The summed E-state index contributed by atoms with van der Waals surface area (Å²) >= 11 is 1.59. The van der Waals surface area contributed by atoms with Crippen LogP contribution in [0, 0.1) is 0 Å². The maximum Gasteiger partial charge on any atom is 0.225 e. The highest BCUT2D eigenvalue weighted by molar-refractivity contribution is 7.09. The van der Waals surface area contributed by atoms with Gasteiger partial charge in [-0.05, 0) is 24.5 Å². The summed E-state index contributed by atoms with van der Waals surface area (Å²) < 4.78 is 10.8. The molecule has 2 aromatic carbocycles. The number of nitrogens with zero attached hydrogens (tertiary/aromatic N) is 1. The van der Waals surface area contributed by atoms with E-state index in [-0.39, 0.29) is 18.4 Å². The van der Waals surface area contributed by atoms with E-state index in [0.717, 1.165) is 28.2 Å². The number of rotatable bonds is 9. The second-order valence-corrected chi connectivity index (χ2v) is 7.56. The van der Waals surface area contributed by atoms with Gasteiger partial charge in [0.05, 0.1) is 32.4 Å². The number of nitrogens with one attached hydrogen (secondary N) is 1.